The van der Waals surface area contributed by atoms with Crippen molar-refractivity contribution in [1.29, 1.82) is 0 Å². The van der Waals surface area contributed by atoms with Crippen LogP contribution in [0.1, 0.15) is 265 Å². The van der Waals surface area contributed by atoms with Gasteiger partial charge in [0.1, 0.15) is 12.7 Å². The van der Waals surface area contributed by atoms with Gasteiger partial charge in [0.2, 0.25) is 0 Å². The fourth-order valence-corrected chi connectivity index (χ4v) is 8.85. The highest BCUT2D eigenvalue weighted by molar-refractivity contribution is 7.47. The summed E-state index contributed by atoms with van der Waals surface area (Å²) in [6, 6.07) is 0. The van der Waals surface area contributed by atoms with Crippen LogP contribution in [0.4, 0.5) is 0 Å². The lowest BCUT2D eigenvalue weighted by Gasteiger charge is -2.21. The second-order valence-corrected chi connectivity index (χ2v) is 21.2. The highest BCUT2D eigenvalue weighted by Crippen LogP contribution is 2.43. The van der Waals surface area contributed by atoms with E-state index >= 15 is 0 Å². The molecular formula is C62H109O11P. The summed E-state index contributed by atoms with van der Waals surface area (Å²) in [5, 5.41) is 9.80. The van der Waals surface area contributed by atoms with Crippen molar-refractivity contribution in [3.05, 3.63) is 72.9 Å². The molecule has 3 unspecified atom stereocenters. The topological polar surface area (TPSA) is 155 Å². The standard InChI is InChI=1S/C62H109O11P/c1-4-7-10-13-16-19-22-24-26-28-29-31-32-34-37-39-42-45-48-51-60(64)69-55-59(73-62(66)53-50-47-44-41-38-35-33-30-27-25-23-20-17-14-11-8-5-2)57-71-74(67,68)70-56-58(54-63)72-61(65)52-49-46-43-40-36-21-18-15-12-9-6-3/h7,10,15-16,18-19,24,26,29,31,34,37,58-59,63H,4-6,8-9,11-14,17,20-23,25,27-28,30,32-33,35-36,38-57H2,1-3H3,(H,67,68)/b10-7-,18-15-,19-16-,26-24-,31-29-,37-34-. The van der Waals surface area contributed by atoms with Gasteiger partial charge >= 0.3 is 25.7 Å². The number of esters is 3. The molecule has 2 N–H and O–H groups in total. The minimum Gasteiger partial charge on any atom is -0.462 e. The van der Waals surface area contributed by atoms with E-state index in [1.807, 2.05) is 0 Å². The van der Waals surface area contributed by atoms with Crippen LogP contribution in [0.15, 0.2) is 72.9 Å². The van der Waals surface area contributed by atoms with E-state index in [0.29, 0.717) is 19.3 Å². The third-order valence-electron chi connectivity index (χ3n) is 12.6. The predicted molar refractivity (Wildman–Crippen MR) is 307 cm³/mol. The molecule has 0 fully saturated rings. The van der Waals surface area contributed by atoms with Crippen LogP contribution < -0.4 is 0 Å². The van der Waals surface area contributed by atoms with Gasteiger partial charge in [-0.2, -0.15) is 0 Å². The van der Waals surface area contributed by atoms with Gasteiger partial charge in [0.15, 0.2) is 6.10 Å². The summed E-state index contributed by atoms with van der Waals surface area (Å²) in [6.45, 7) is 4.47. The van der Waals surface area contributed by atoms with Gasteiger partial charge in [0.05, 0.1) is 19.8 Å². The average Bonchev–Trinajstić information content (AvgIpc) is 3.39. The smallest absolute Gasteiger partial charge is 0.462 e. The Morgan fingerprint density at radius 2 is 0.716 bits per heavy atom. The third-order valence-corrected chi connectivity index (χ3v) is 13.6. The quantitative estimate of drug-likeness (QED) is 0.0197. The van der Waals surface area contributed by atoms with E-state index < -0.39 is 57.8 Å². The highest BCUT2D eigenvalue weighted by atomic mass is 31.2. The molecule has 0 aliphatic rings. The maximum atomic E-state index is 12.9. The molecule has 0 aliphatic heterocycles. The molecule has 0 aromatic rings. The number of hydrogen-bond acceptors (Lipinski definition) is 10. The SMILES string of the molecule is CC/C=C\C/C=C\C/C=C\C/C=C\C/C=C\CCCCCC(=O)OCC(COP(=O)(O)OCC(CO)OC(=O)CCCCCCC/C=C\CCCC)OC(=O)CCCCCCCCCCCCCCCCCCC. The van der Waals surface area contributed by atoms with Gasteiger partial charge in [-0.05, 0) is 83.5 Å². The zero-order valence-electron chi connectivity index (χ0n) is 47.3. The van der Waals surface area contributed by atoms with Crippen LogP contribution >= 0.6 is 7.82 Å². The largest absolute Gasteiger partial charge is 0.472 e. The maximum Gasteiger partial charge on any atom is 0.472 e. The van der Waals surface area contributed by atoms with Gasteiger partial charge in [-0.3, -0.25) is 23.4 Å². The van der Waals surface area contributed by atoms with Crippen LogP contribution in [-0.2, 0) is 42.2 Å². The molecule has 0 rings (SSSR count). The van der Waals surface area contributed by atoms with E-state index in [4.69, 9.17) is 23.3 Å². The summed E-state index contributed by atoms with van der Waals surface area (Å²) in [5.41, 5.74) is 0. The van der Waals surface area contributed by atoms with Gasteiger partial charge < -0.3 is 24.2 Å². The molecule has 3 atom stereocenters. The van der Waals surface area contributed by atoms with Gasteiger partial charge in [-0.25, -0.2) is 4.57 Å². The van der Waals surface area contributed by atoms with Gasteiger partial charge in [0.25, 0.3) is 0 Å². The van der Waals surface area contributed by atoms with Crippen molar-refractivity contribution < 1.29 is 52.2 Å². The van der Waals surface area contributed by atoms with E-state index in [0.717, 1.165) is 109 Å². The number of aliphatic hydroxyl groups excluding tert-OH is 1. The van der Waals surface area contributed by atoms with Gasteiger partial charge in [-0.15, -0.1) is 0 Å². The first-order chi connectivity index (χ1) is 36.2. The zero-order valence-corrected chi connectivity index (χ0v) is 48.2. The molecule has 0 aliphatic carbocycles. The third kappa shape index (κ3) is 53.7. The minimum absolute atomic E-state index is 0.161. The van der Waals surface area contributed by atoms with E-state index in [9.17, 15) is 28.9 Å². The molecule has 11 nitrogen and oxygen atoms in total. The van der Waals surface area contributed by atoms with Crippen LogP contribution in [0.5, 0.6) is 0 Å². The molecule has 0 saturated carbocycles. The molecule has 0 amide bonds. The van der Waals surface area contributed by atoms with Crippen LogP contribution in [0.25, 0.3) is 0 Å². The van der Waals surface area contributed by atoms with Crippen molar-refractivity contribution in [2.75, 3.05) is 26.4 Å². The Bertz CT molecular complexity index is 1520. The number of carbonyl (C=O) groups excluding carboxylic acids is 3. The summed E-state index contributed by atoms with van der Waals surface area (Å²) in [5.74, 6) is -1.50. The molecule has 0 spiro atoms. The highest BCUT2D eigenvalue weighted by Gasteiger charge is 2.28. The van der Waals surface area contributed by atoms with Crippen molar-refractivity contribution in [2.24, 2.45) is 0 Å². The van der Waals surface area contributed by atoms with Crippen LogP contribution in [0.3, 0.4) is 0 Å². The number of unbranched alkanes of at least 4 members (excludes halogenated alkanes) is 26. The van der Waals surface area contributed by atoms with Crippen molar-refractivity contribution in [2.45, 2.75) is 277 Å². The number of carbonyl (C=O) groups is 3. The van der Waals surface area contributed by atoms with Crippen molar-refractivity contribution in [3.8, 4) is 0 Å². The Balaban J connectivity index is 4.76. The normalized spacial score (nSPS) is 13.9. The Kier molecular flexibility index (Phi) is 53.8. The second kappa shape index (κ2) is 56.1. The minimum atomic E-state index is -4.76. The summed E-state index contributed by atoms with van der Waals surface area (Å²) in [6.07, 6.45) is 62.9. The van der Waals surface area contributed by atoms with Gasteiger partial charge in [-0.1, -0.05) is 235 Å². The van der Waals surface area contributed by atoms with E-state index in [1.165, 1.54) is 96.3 Å². The zero-order chi connectivity index (χ0) is 54.1. The Morgan fingerprint density at radius 3 is 1.15 bits per heavy atom. The van der Waals surface area contributed by atoms with Crippen LogP contribution in [-0.4, -0.2) is 66.5 Å². The molecular weight excluding hydrogens is 952 g/mol. The number of rotatable bonds is 55. The number of phosphoric acid groups is 1. The summed E-state index contributed by atoms with van der Waals surface area (Å²) in [4.78, 5) is 48.5. The molecule has 0 radical (unpaired) electrons. The Hall–Kier alpha value is -3.08. The number of ether oxygens (including phenoxy) is 3. The second-order valence-electron chi connectivity index (χ2n) is 19.8. The average molecular weight is 1060 g/mol. The molecule has 428 valence electrons. The Morgan fingerprint density at radius 1 is 0.392 bits per heavy atom. The maximum absolute atomic E-state index is 12.9. The molecule has 74 heavy (non-hydrogen) atoms. The van der Waals surface area contributed by atoms with Crippen molar-refractivity contribution in [3.63, 3.8) is 0 Å². The number of aliphatic hydroxyl groups is 1. The molecule has 0 aromatic carbocycles. The van der Waals surface area contributed by atoms with Gasteiger partial charge in [0, 0.05) is 19.3 Å². The number of allylic oxidation sites excluding steroid dienone is 12. The monoisotopic (exact) mass is 1060 g/mol. The lowest BCUT2D eigenvalue weighted by Crippen LogP contribution is -2.30. The fourth-order valence-electron chi connectivity index (χ4n) is 8.07. The van der Waals surface area contributed by atoms with Crippen molar-refractivity contribution in [1.82, 2.24) is 0 Å². The van der Waals surface area contributed by atoms with Crippen LogP contribution in [0, 0.1) is 0 Å². The van der Waals surface area contributed by atoms with E-state index in [2.05, 4.69) is 93.7 Å². The summed E-state index contributed by atoms with van der Waals surface area (Å²) in [7, 11) is -4.76. The number of phosphoric ester groups is 1. The molecule has 12 heteroatoms. The van der Waals surface area contributed by atoms with E-state index in [-0.39, 0.29) is 25.9 Å². The first-order valence-corrected chi connectivity index (χ1v) is 31.3. The fraction of sp³-hybridized carbons (Fsp3) is 0.758. The first kappa shape index (κ1) is 70.9. The molecule has 0 bridgehead atoms. The molecule has 0 aromatic heterocycles. The lowest BCUT2D eigenvalue weighted by atomic mass is 10.0. The molecule has 0 saturated heterocycles. The Labute approximate surface area is 452 Å². The predicted octanol–water partition coefficient (Wildman–Crippen LogP) is 17.7. The lowest BCUT2D eigenvalue weighted by molar-refractivity contribution is -0.161. The number of hydrogen-bond donors (Lipinski definition) is 2. The molecule has 0 heterocycles. The summed E-state index contributed by atoms with van der Waals surface area (Å²) < 4.78 is 39.5. The summed E-state index contributed by atoms with van der Waals surface area (Å²) >= 11 is 0. The van der Waals surface area contributed by atoms with Crippen LogP contribution in [0.2, 0.25) is 0 Å². The van der Waals surface area contributed by atoms with E-state index in [1.54, 1.807) is 0 Å². The van der Waals surface area contributed by atoms with Crippen molar-refractivity contribution >= 4 is 25.7 Å². The first-order valence-electron chi connectivity index (χ1n) is 29.8.